The van der Waals surface area contributed by atoms with Crippen LogP contribution in [-0.2, 0) is 14.2 Å². The fraction of sp³-hybridized carbons (Fsp3) is 0.583. The van der Waals surface area contributed by atoms with Crippen LogP contribution in [-0.4, -0.2) is 250 Å². The molecule has 6 aromatic heterocycles. The standard InChI is InChI=1S/3C24H31FN6O4S/c3*1-3-8-36-24-27-22(26-16-10-14(16)13-5-4-12(2)15(25)9-13)19-23(28-24)31(30-29-19)17-11-18(35-7-6-32)21(34)20(17)33/h3*4-5,9,14,16-18,20-21,32-34H,3,6-8,10-11H2,1-2H3,(H,26,27,28)/t3*14-,16+,17+,18-,20-,21+/m000/s1/i6D2,8D2,10D2,14D,16D;6D2,7D2,10D2,14D,16D;8D2,10D2,14D,16D. The Morgan fingerprint density at radius 2 is 0.833 bits per heavy atom. The largest absolute Gasteiger partial charge is 0.394 e. The Morgan fingerprint density at radius 1 is 0.481 bits per heavy atom. The number of thioether (sulfide) groups is 3. The van der Waals surface area contributed by atoms with E-state index in [0.29, 0.717) is 40.4 Å². The molecule has 6 aliphatic carbocycles. The lowest BCUT2D eigenvalue weighted by Gasteiger charge is -2.17. The molecule has 0 bridgehead atoms. The monoisotopic (exact) mass is 1580 g/mol. The molecule has 6 aliphatic rings. The van der Waals surface area contributed by atoms with Crippen LogP contribution in [0.1, 0.15) is 178 Å². The molecule has 0 saturated heterocycles. The van der Waals surface area contributed by atoms with Crippen molar-refractivity contribution in [3.8, 4) is 0 Å². The number of anilines is 3. The molecular formula is C72H93F3N18O12S3. The van der Waals surface area contributed by atoms with E-state index < -0.39 is 183 Å². The summed E-state index contributed by atoms with van der Waals surface area (Å²) in [5.41, 5.74) is -3.26. The zero-order valence-electron chi connectivity index (χ0n) is 80.5. The summed E-state index contributed by atoms with van der Waals surface area (Å²) in [5, 5.41) is 124. The molecule has 9 aromatic rings. The first-order valence-electron chi connectivity index (χ1n) is 45.3. The number of ether oxygens (including phenoxy) is 3. The van der Waals surface area contributed by atoms with Crippen LogP contribution in [0, 0.1) is 38.2 Å². The average molecular weight is 1580 g/mol. The number of aliphatic hydroxyl groups is 9. The topological polar surface area (TPSA) is 415 Å². The second-order valence-electron chi connectivity index (χ2n) is 25.5. The first-order valence-corrected chi connectivity index (χ1v) is 36.9. The van der Waals surface area contributed by atoms with Gasteiger partial charge in [0.1, 0.15) is 54.1 Å². The summed E-state index contributed by atoms with van der Waals surface area (Å²) in [6, 6.07) is 1.26. The zero-order valence-corrected chi connectivity index (χ0v) is 61.0. The molecule has 0 radical (unpaired) electrons. The normalized spacial score (nSPS) is 36.8. The Kier molecular flexibility index (Phi) is 17.9. The van der Waals surface area contributed by atoms with E-state index >= 15 is 0 Å². The van der Waals surface area contributed by atoms with Crippen molar-refractivity contribution < 1.29 is 103 Å². The number of nitrogens with one attached hydrogen (secondary N) is 3. The van der Waals surface area contributed by atoms with E-state index in [4.69, 9.17) is 49.5 Å². The third-order valence-electron chi connectivity index (χ3n) is 18.2. The molecule has 3 aromatic carbocycles. The maximum absolute atomic E-state index is 14.4. The van der Waals surface area contributed by atoms with Crippen LogP contribution >= 0.6 is 35.3 Å². The Hall–Kier alpha value is -7.14. The van der Waals surface area contributed by atoms with Gasteiger partial charge >= 0.3 is 0 Å². The summed E-state index contributed by atoms with van der Waals surface area (Å²) in [6.07, 6.45) is -19.4. The molecular weight excluding hydrogens is 1460 g/mol. The zero-order chi connectivity index (χ0) is 96.1. The highest BCUT2D eigenvalue weighted by Gasteiger charge is 2.49. The molecule has 0 amide bonds. The number of nitrogens with zero attached hydrogens (tertiary/aromatic N) is 15. The summed E-state index contributed by atoms with van der Waals surface area (Å²) in [4.78, 5) is 26.3. The Bertz CT molecular complexity index is 5750. The number of aliphatic hydroxyl groups excluding tert-OH is 7. The van der Waals surface area contributed by atoms with E-state index in [1.807, 2.05) is 6.92 Å². The van der Waals surface area contributed by atoms with Crippen LogP contribution in [0.25, 0.3) is 33.5 Å². The molecule has 6 fully saturated rings. The van der Waals surface area contributed by atoms with Gasteiger partial charge in [0, 0.05) is 90.0 Å². The van der Waals surface area contributed by atoms with Crippen molar-refractivity contribution >= 4 is 86.2 Å². The highest BCUT2D eigenvalue weighted by atomic mass is 32.2. The fourth-order valence-electron chi connectivity index (χ4n) is 12.3. The SMILES string of the molecule is [2H]C([2H])(CC)Sc1nc(N[C@]2([2H])C([2H])([2H])[C@@]2([2H])c2ccc(C)c(F)c2)c2nnn([C@@H]3C[C@H](OCCO)[C@@H](O)[C@H]3O)c2n1.[2H]C([2H])(O)C([2H])([2H])O[C@H]1C[C@@H](n2nnc3c(N[C@]4([2H])C([2H])([2H])[C@@]4([2H])c4ccc(C)c(F)c4)nc(SCCC)nc32)[C@H](O)[C@@H]1O.[2H]C([2H])(O)CO[C@H]1C[C@@H](n2nnc3c(N[C@]4([2H])C([2H])([2H])[C@@]4([2H])c4ccc(C)c(F)c4)nc(SC([2H])([2H])CC)nc32)[C@H](O)[C@@H]1O. The smallest absolute Gasteiger partial charge is 0.191 e. The Labute approximate surface area is 664 Å². The maximum Gasteiger partial charge on any atom is 0.191 e. The first-order chi connectivity index (χ1) is 60.2. The third kappa shape index (κ3) is 17.5. The van der Waals surface area contributed by atoms with Gasteiger partial charge in [-0.3, -0.25) is 0 Å². The number of aryl methyl sites for hydroxylation is 3. The van der Waals surface area contributed by atoms with Crippen molar-refractivity contribution in [2.45, 2.75) is 223 Å². The molecule has 108 heavy (non-hydrogen) atoms. The molecule has 0 unspecified atom stereocenters. The van der Waals surface area contributed by atoms with Crippen molar-refractivity contribution in [1.29, 1.82) is 0 Å². The van der Waals surface area contributed by atoms with Gasteiger partial charge in [-0.2, -0.15) is 0 Å². The van der Waals surface area contributed by atoms with Gasteiger partial charge in [0.25, 0.3) is 0 Å². The summed E-state index contributed by atoms with van der Waals surface area (Å²) in [6.45, 7) is -0.715. The van der Waals surface area contributed by atoms with Gasteiger partial charge in [0.2, 0.25) is 0 Å². The van der Waals surface area contributed by atoms with E-state index in [9.17, 15) is 54.0 Å². The van der Waals surface area contributed by atoms with E-state index in [0.717, 1.165) is 34.0 Å². The lowest BCUT2D eigenvalue weighted by atomic mass is 10.1. The number of halogens is 3. The van der Waals surface area contributed by atoms with Gasteiger partial charge in [-0.05, 0) is 111 Å². The number of hydrogen-bond acceptors (Lipinski definition) is 30. The van der Waals surface area contributed by atoms with Gasteiger partial charge in [-0.1, -0.05) is 108 Å². The molecule has 6 heterocycles. The van der Waals surface area contributed by atoms with Crippen LogP contribution in [0.5, 0.6) is 0 Å². The third-order valence-corrected chi connectivity index (χ3v) is 20.8. The van der Waals surface area contributed by atoms with Crippen molar-refractivity contribution in [2.75, 3.05) is 72.6 Å². The predicted octanol–water partition coefficient (Wildman–Crippen LogP) is 6.55. The molecule has 0 aliphatic heterocycles. The quantitative estimate of drug-likeness (QED) is 0.0168. The summed E-state index contributed by atoms with van der Waals surface area (Å²) < 4.78 is 245. The summed E-state index contributed by atoms with van der Waals surface area (Å²) >= 11 is 2.53. The van der Waals surface area contributed by atoms with Gasteiger partial charge in [-0.15, -0.1) is 15.3 Å². The minimum atomic E-state index is -3.41. The highest BCUT2D eigenvalue weighted by Crippen LogP contribution is 2.48. The maximum atomic E-state index is 14.4. The van der Waals surface area contributed by atoms with Crippen LogP contribution in [0.4, 0.5) is 30.6 Å². The van der Waals surface area contributed by atoms with Crippen molar-refractivity contribution in [2.24, 2.45) is 0 Å². The van der Waals surface area contributed by atoms with Gasteiger partial charge in [-0.25, -0.2) is 57.1 Å². The molecule has 12 N–H and O–H groups in total. The molecule has 0 spiro atoms. The minimum absolute atomic E-state index is 0.000253. The minimum Gasteiger partial charge on any atom is -0.394 e. The van der Waals surface area contributed by atoms with E-state index in [2.05, 4.69) is 76.8 Å². The molecule has 6 saturated carbocycles. The van der Waals surface area contributed by atoms with Crippen molar-refractivity contribution in [3.05, 3.63) is 105 Å². The number of aromatic nitrogens is 15. The number of benzene rings is 3. The van der Waals surface area contributed by atoms with Crippen molar-refractivity contribution in [1.82, 2.24) is 74.9 Å². The predicted molar refractivity (Wildman–Crippen MR) is 398 cm³/mol. The van der Waals surface area contributed by atoms with E-state index in [1.165, 1.54) is 73.6 Å². The molecule has 36 heteroatoms. The van der Waals surface area contributed by atoms with E-state index in [1.54, 1.807) is 13.8 Å². The van der Waals surface area contributed by atoms with Crippen LogP contribution < -0.4 is 16.0 Å². The molecule has 30 nitrogen and oxygen atoms in total. The van der Waals surface area contributed by atoms with E-state index in [-0.39, 0.29) is 134 Å². The lowest BCUT2D eigenvalue weighted by Crippen LogP contribution is -2.33. The second kappa shape index (κ2) is 35.1. The second-order valence-corrected chi connectivity index (χ2v) is 28.3. The Balaban J connectivity index is 0.000000166. The number of rotatable bonds is 30. The van der Waals surface area contributed by atoms with Gasteiger partial charge < -0.3 is 76.1 Å². The van der Waals surface area contributed by atoms with Crippen LogP contribution in [0.15, 0.2) is 70.1 Å². The van der Waals surface area contributed by atoms with Gasteiger partial charge in [0.05, 0.1) is 88.3 Å². The van der Waals surface area contributed by atoms with Gasteiger partial charge in [0.15, 0.2) is 66.4 Å². The summed E-state index contributed by atoms with van der Waals surface area (Å²) in [5.74, 6) is -8.78. The van der Waals surface area contributed by atoms with Crippen molar-refractivity contribution in [3.63, 3.8) is 0 Å². The molecule has 15 rings (SSSR count). The van der Waals surface area contributed by atoms with Crippen LogP contribution in [0.3, 0.4) is 0 Å². The Morgan fingerprint density at radius 3 is 1.16 bits per heavy atom. The number of hydrogen-bond donors (Lipinski definition) is 12. The van der Waals surface area contributed by atoms with Crippen LogP contribution in [0.2, 0.25) is 0 Å². The molecule has 582 valence electrons. The summed E-state index contributed by atoms with van der Waals surface area (Å²) in [7, 11) is 0. The number of fused-ring (bicyclic) bond motifs is 3. The first kappa shape index (κ1) is 55.3. The molecule has 18 atom stereocenters. The fourth-order valence-corrected chi connectivity index (χ4v) is 14.1. The average Bonchev–Trinajstić information content (AvgIpc) is 1.49. The highest BCUT2D eigenvalue weighted by molar-refractivity contribution is 7.99. The lowest BCUT2D eigenvalue weighted by molar-refractivity contribution is -0.0629.